The maximum Gasteiger partial charge on any atom is 0.203 e. The van der Waals surface area contributed by atoms with Gasteiger partial charge in [0.05, 0.1) is 22.0 Å². The van der Waals surface area contributed by atoms with Gasteiger partial charge in [-0.15, -0.1) is 11.3 Å². The van der Waals surface area contributed by atoms with Gasteiger partial charge in [0.15, 0.2) is 0 Å². The highest BCUT2D eigenvalue weighted by atomic mass is 35.5. The molecular formula is C16H10Cl3N3S. The van der Waals surface area contributed by atoms with E-state index in [4.69, 9.17) is 34.8 Å². The van der Waals surface area contributed by atoms with Crippen molar-refractivity contribution < 1.29 is 0 Å². The molecule has 3 nitrogen and oxygen atoms in total. The molecule has 0 spiro atoms. The zero-order valence-corrected chi connectivity index (χ0v) is 14.7. The molecule has 0 aliphatic heterocycles. The molecule has 0 atom stereocenters. The molecule has 1 N–H and O–H groups in total. The van der Waals surface area contributed by atoms with E-state index in [1.165, 1.54) is 11.3 Å². The van der Waals surface area contributed by atoms with Crippen LogP contribution in [0.25, 0.3) is 11.3 Å². The van der Waals surface area contributed by atoms with Crippen molar-refractivity contribution in [2.45, 2.75) is 0 Å². The highest BCUT2D eigenvalue weighted by molar-refractivity contribution is 7.14. The number of nitrogens with one attached hydrogen (secondary N) is 1. The van der Waals surface area contributed by atoms with E-state index in [0.29, 0.717) is 25.8 Å². The van der Waals surface area contributed by atoms with E-state index in [9.17, 15) is 0 Å². The molecule has 7 heteroatoms. The van der Waals surface area contributed by atoms with Crippen LogP contribution in [0.15, 0.2) is 52.9 Å². The predicted octanol–water partition coefficient (Wildman–Crippen LogP) is 6.22. The topological polar surface area (TPSA) is 37.3 Å². The van der Waals surface area contributed by atoms with Gasteiger partial charge in [-0.3, -0.25) is 5.43 Å². The molecule has 1 heterocycles. The number of hydrogen-bond donors (Lipinski definition) is 1. The monoisotopic (exact) mass is 381 g/mol. The Hall–Kier alpha value is -1.59. The lowest BCUT2D eigenvalue weighted by Crippen LogP contribution is -1.91. The SMILES string of the molecule is Clc1ccc(-c2csc(NN=Cc3c(Cl)cccc3Cl)n2)cc1. The number of anilines is 1. The third-order valence-electron chi connectivity index (χ3n) is 3.00. The number of halogens is 3. The molecule has 0 saturated carbocycles. The lowest BCUT2D eigenvalue weighted by Gasteiger charge is -2.00. The second-order valence-electron chi connectivity index (χ2n) is 4.55. The standard InChI is InChI=1S/C16H10Cl3N3S/c17-11-6-4-10(5-7-11)15-9-23-16(21-15)22-20-8-12-13(18)2-1-3-14(12)19/h1-9H,(H,21,22). The van der Waals surface area contributed by atoms with Gasteiger partial charge in [0.1, 0.15) is 0 Å². The van der Waals surface area contributed by atoms with Crippen molar-refractivity contribution >= 4 is 57.5 Å². The van der Waals surface area contributed by atoms with Crippen LogP contribution in [-0.2, 0) is 0 Å². The number of hydrazone groups is 1. The minimum Gasteiger partial charge on any atom is -0.253 e. The summed E-state index contributed by atoms with van der Waals surface area (Å²) in [7, 11) is 0. The van der Waals surface area contributed by atoms with Gasteiger partial charge < -0.3 is 0 Å². The van der Waals surface area contributed by atoms with Crippen LogP contribution in [0.5, 0.6) is 0 Å². The third kappa shape index (κ3) is 4.03. The molecular weight excluding hydrogens is 373 g/mol. The molecule has 0 aliphatic rings. The summed E-state index contributed by atoms with van der Waals surface area (Å²) in [5.74, 6) is 0. The summed E-state index contributed by atoms with van der Waals surface area (Å²) in [6, 6.07) is 12.8. The first-order chi connectivity index (χ1) is 11.1. The van der Waals surface area contributed by atoms with Crippen molar-refractivity contribution in [3.05, 3.63) is 68.5 Å². The van der Waals surface area contributed by atoms with E-state index < -0.39 is 0 Å². The molecule has 116 valence electrons. The van der Waals surface area contributed by atoms with Crippen LogP contribution < -0.4 is 5.43 Å². The Labute approximate surface area is 152 Å². The smallest absolute Gasteiger partial charge is 0.203 e. The van der Waals surface area contributed by atoms with Crippen LogP contribution >= 0.6 is 46.1 Å². The summed E-state index contributed by atoms with van der Waals surface area (Å²) in [5.41, 5.74) is 5.41. The number of benzene rings is 2. The first-order valence-electron chi connectivity index (χ1n) is 6.58. The molecule has 0 saturated heterocycles. The number of nitrogens with zero attached hydrogens (tertiary/aromatic N) is 2. The fraction of sp³-hybridized carbons (Fsp3) is 0. The van der Waals surface area contributed by atoms with Gasteiger partial charge in [-0.1, -0.05) is 53.0 Å². The highest BCUT2D eigenvalue weighted by Gasteiger charge is 2.05. The zero-order chi connectivity index (χ0) is 16.2. The Balaban J connectivity index is 1.72. The summed E-state index contributed by atoms with van der Waals surface area (Å²) in [6.07, 6.45) is 1.58. The molecule has 3 rings (SSSR count). The zero-order valence-electron chi connectivity index (χ0n) is 11.6. The van der Waals surface area contributed by atoms with Crippen molar-refractivity contribution in [1.82, 2.24) is 4.98 Å². The predicted molar refractivity (Wildman–Crippen MR) is 100 cm³/mol. The van der Waals surface area contributed by atoms with Crippen molar-refractivity contribution in [2.75, 3.05) is 5.43 Å². The van der Waals surface area contributed by atoms with Crippen LogP contribution in [-0.4, -0.2) is 11.2 Å². The Morgan fingerprint density at radius 2 is 1.70 bits per heavy atom. The molecule has 2 aromatic carbocycles. The number of hydrogen-bond acceptors (Lipinski definition) is 4. The lowest BCUT2D eigenvalue weighted by atomic mass is 10.2. The molecule has 1 aromatic heterocycles. The fourth-order valence-electron chi connectivity index (χ4n) is 1.86. The summed E-state index contributed by atoms with van der Waals surface area (Å²) >= 11 is 19.5. The molecule has 0 amide bonds. The molecule has 0 aliphatic carbocycles. The average Bonchev–Trinajstić information content (AvgIpc) is 3.00. The van der Waals surface area contributed by atoms with Crippen molar-refractivity contribution in [1.29, 1.82) is 0 Å². The summed E-state index contributed by atoms with van der Waals surface area (Å²) in [5, 5.41) is 8.55. The highest BCUT2D eigenvalue weighted by Crippen LogP contribution is 2.26. The quantitative estimate of drug-likeness (QED) is 0.430. The van der Waals surface area contributed by atoms with Gasteiger partial charge in [0.2, 0.25) is 5.13 Å². The van der Waals surface area contributed by atoms with Crippen molar-refractivity contribution in [3.63, 3.8) is 0 Å². The van der Waals surface area contributed by atoms with Gasteiger partial charge in [-0.2, -0.15) is 5.10 Å². The second kappa shape index (κ2) is 7.32. The molecule has 3 aromatic rings. The summed E-state index contributed by atoms with van der Waals surface area (Å²) in [6.45, 7) is 0. The summed E-state index contributed by atoms with van der Waals surface area (Å²) in [4.78, 5) is 4.47. The first kappa shape index (κ1) is 16.3. The minimum atomic E-state index is 0.545. The van der Waals surface area contributed by atoms with Crippen LogP contribution in [0.1, 0.15) is 5.56 Å². The lowest BCUT2D eigenvalue weighted by molar-refractivity contribution is 1.29. The van der Waals surface area contributed by atoms with Gasteiger partial charge in [-0.25, -0.2) is 4.98 Å². The van der Waals surface area contributed by atoms with E-state index >= 15 is 0 Å². The van der Waals surface area contributed by atoms with E-state index in [1.807, 2.05) is 29.6 Å². The van der Waals surface area contributed by atoms with Gasteiger partial charge >= 0.3 is 0 Å². The van der Waals surface area contributed by atoms with Gasteiger partial charge in [0, 0.05) is 21.5 Å². The van der Waals surface area contributed by atoms with Gasteiger partial charge in [-0.05, 0) is 24.3 Å². The van der Waals surface area contributed by atoms with E-state index in [0.717, 1.165) is 11.3 Å². The van der Waals surface area contributed by atoms with Crippen molar-refractivity contribution in [2.24, 2.45) is 5.10 Å². The largest absolute Gasteiger partial charge is 0.253 e. The second-order valence-corrected chi connectivity index (χ2v) is 6.66. The number of aromatic nitrogens is 1. The molecule has 0 unspecified atom stereocenters. The van der Waals surface area contributed by atoms with Crippen LogP contribution in [0.2, 0.25) is 15.1 Å². The molecule has 0 radical (unpaired) electrons. The van der Waals surface area contributed by atoms with Crippen LogP contribution in [0.4, 0.5) is 5.13 Å². The minimum absolute atomic E-state index is 0.545. The Morgan fingerprint density at radius 1 is 1.00 bits per heavy atom. The molecule has 23 heavy (non-hydrogen) atoms. The number of thiazole rings is 1. The molecule has 0 fully saturated rings. The first-order valence-corrected chi connectivity index (χ1v) is 8.59. The van der Waals surface area contributed by atoms with Crippen LogP contribution in [0.3, 0.4) is 0 Å². The molecule has 0 bridgehead atoms. The Morgan fingerprint density at radius 3 is 2.39 bits per heavy atom. The normalized spacial score (nSPS) is 11.1. The van der Waals surface area contributed by atoms with Gasteiger partial charge in [0.25, 0.3) is 0 Å². The van der Waals surface area contributed by atoms with Crippen LogP contribution in [0, 0.1) is 0 Å². The number of rotatable bonds is 4. The van der Waals surface area contributed by atoms with E-state index in [-0.39, 0.29) is 0 Å². The fourth-order valence-corrected chi connectivity index (χ4v) is 3.15. The Kier molecular flexibility index (Phi) is 5.18. The van der Waals surface area contributed by atoms with Crippen molar-refractivity contribution in [3.8, 4) is 11.3 Å². The third-order valence-corrected chi connectivity index (χ3v) is 4.66. The van der Waals surface area contributed by atoms with E-state index in [1.54, 1.807) is 24.4 Å². The maximum absolute atomic E-state index is 6.08. The maximum atomic E-state index is 6.08. The summed E-state index contributed by atoms with van der Waals surface area (Å²) < 4.78 is 0. The van der Waals surface area contributed by atoms with E-state index in [2.05, 4.69) is 15.5 Å². The Bertz CT molecular complexity index is 824. The average molecular weight is 383 g/mol.